The van der Waals surface area contributed by atoms with Gasteiger partial charge in [0, 0.05) is 44.2 Å². The van der Waals surface area contributed by atoms with Crippen molar-refractivity contribution < 1.29 is 13.9 Å². The number of carbonyl (C=O) groups excluding carboxylic acids is 1. The van der Waals surface area contributed by atoms with Crippen LogP contribution in [0.25, 0.3) is 0 Å². The summed E-state index contributed by atoms with van der Waals surface area (Å²) in [5, 5.41) is 0. The van der Waals surface area contributed by atoms with E-state index in [1.807, 2.05) is 30.9 Å². The Morgan fingerprint density at radius 3 is 2.38 bits per heavy atom. The summed E-state index contributed by atoms with van der Waals surface area (Å²) in [6, 6.07) is 6.91. The predicted molar refractivity (Wildman–Crippen MR) is 91.0 cm³/mol. The van der Waals surface area contributed by atoms with Gasteiger partial charge in [0.05, 0.1) is 12.2 Å². The smallest absolute Gasteiger partial charge is 0.225 e. The molecule has 0 radical (unpaired) electrons. The van der Waals surface area contributed by atoms with E-state index in [1.165, 1.54) is 6.07 Å². The fourth-order valence-corrected chi connectivity index (χ4v) is 3.86. The lowest BCUT2D eigenvalue weighted by atomic mass is 9.91. The molecule has 1 aromatic carbocycles. The number of rotatable bonds is 3. The number of amides is 1. The van der Waals surface area contributed by atoms with Crippen molar-refractivity contribution in [2.45, 2.75) is 45.4 Å². The third kappa shape index (κ3) is 4.14. The zero-order chi connectivity index (χ0) is 17.1. The van der Waals surface area contributed by atoms with E-state index in [0.717, 1.165) is 44.6 Å². The lowest BCUT2D eigenvalue weighted by molar-refractivity contribution is -0.145. The van der Waals surface area contributed by atoms with Crippen molar-refractivity contribution in [3.8, 4) is 0 Å². The van der Waals surface area contributed by atoms with E-state index in [2.05, 4.69) is 4.90 Å². The van der Waals surface area contributed by atoms with Crippen LogP contribution in [-0.2, 0) is 16.1 Å². The van der Waals surface area contributed by atoms with Gasteiger partial charge in [0.1, 0.15) is 5.82 Å². The number of carbonyl (C=O) groups is 1. The first-order valence-electron chi connectivity index (χ1n) is 8.93. The minimum absolute atomic E-state index is 0.0851. The zero-order valence-electron chi connectivity index (χ0n) is 14.6. The maximum absolute atomic E-state index is 13.8. The standard InChI is InChI=1S/C19H27FN2O2/c1-14-11-17(12-15(2)24-14)19(23)22-9-7-21(8-10-22)13-16-5-3-4-6-18(16)20/h3-6,14-15,17H,7-13H2,1-2H3/t14-,15-/m0/s1. The lowest BCUT2D eigenvalue weighted by Gasteiger charge is -2.39. The van der Waals surface area contributed by atoms with Crippen molar-refractivity contribution in [2.75, 3.05) is 26.2 Å². The molecule has 2 aliphatic rings. The van der Waals surface area contributed by atoms with Gasteiger partial charge < -0.3 is 9.64 Å². The molecule has 2 atom stereocenters. The second-order valence-corrected chi connectivity index (χ2v) is 7.12. The van der Waals surface area contributed by atoms with Gasteiger partial charge in [-0.15, -0.1) is 0 Å². The van der Waals surface area contributed by atoms with E-state index < -0.39 is 0 Å². The minimum Gasteiger partial charge on any atom is -0.376 e. The molecule has 2 saturated heterocycles. The number of ether oxygens (including phenoxy) is 1. The first-order chi connectivity index (χ1) is 11.5. The molecule has 0 saturated carbocycles. The normalized spacial score (nSPS) is 28.8. The van der Waals surface area contributed by atoms with Crippen LogP contribution in [0.3, 0.4) is 0 Å². The van der Waals surface area contributed by atoms with Gasteiger partial charge in [0.15, 0.2) is 0 Å². The zero-order valence-corrected chi connectivity index (χ0v) is 14.6. The van der Waals surface area contributed by atoms with Gasteiger partial charge in [-0.25, -0.2) is 4.39 Å². The summed E-state index contributed by atoms with van der Waals surface area (Å²) < 4.78 is 19.5. The number of nitrogens with zero attached hydrogens (tertiary/aromatic N) is 2. The lowest BCUT2D eigenvalue weighted by Crippen LogP contribution is -2.51. The molecule has 2 heterocycles. The third-order valence-corrected chi connectivity index (χ3v) is 5.08. The Morgan fingerprint density at radius 2 is 1.75 bits per heavy atom. The van der Waals surface area contributed by atoms with Gasteiger partial charge in [-0.1, -0.05) is 18.2 Å². The summed E-state index contributed by atoms with van der Waals surface area (Å²) in [7, 11) is 0. The van der Waals surface area contributed by atoms with Crippen LogP contribution in [0.5, 0.6) is 0 Å². The molecule has 0 bridgehead atoms. The Hall–Kier alpha value is -1.46. The third-order valence-electron chi connectivity index (χ3n) is 5.08. The number of halogens is 1. The molecule has 4 nitrogen and oxygen atoms in total. The summed E-state index contributed by atoms with van der Waals surface area (Å²) in [6.45, 7) is 7.76. The molecule has 1 aromatic rings. The van der Waals surface area contributed by atoms with E-state index in [-0.39, 0.29) is 29.9 Å². The number of hydrogen-bond acceptors (Lipinski definition) is 3. The van der Waals surface area contributed by atoms with E-state index in [9.17, 15) is 9.18 Å². The Balaban J connectivity index is 1.51. The maximum atomic E-state index is 13.8. The van der Waals surface area contributed by atoms with Crippen LogP contribution in [0.2, 0.25) is 0 Å². The molecule has 0 aliphatic carbocycles. The SMILES string of the molecule is C[C@H]1CC(C(=O)N2CCN(Cc3ccccc3F)CC2)C[C@H](C)O1. The van der Waals surface area contributed by atoms with Crippen LogP contribution < -0.4 is 0 Å². The van der Waals surface area contributed by atoms with E-state index in [1.54, 1.807) is 6.07 Å². The summed E-state index contributed by atoms with van der Waals surface area (Å²) in [5.41, 5.74) is 0.726. The number of piperazine rings is 1. The Labute approximate surface area is 143 Å². The fraction of sp³-hybridized carbons (Fsp3) is 0.632. The molecule has 132 valence electrons. The van der Waals surface area contributed by atoms with E-state index in [4.69, 9.17) is 4.74 Å². The molecular weight excluding hydrogens is 307 g/mol. The molecule has 24 heavy (non-hydrogen) atoms. The molecule has 2 fully saturated rings. The largest absolute Gasteiger partial charge is 0.376 e. The van der Waals surface area contributed by atoms with Crippen molar-refractivity contribution in [3.63, 3.8) is 0 Å². The highest BCUT2D eigenvalue weighted by Crippen LogP contribution is 2.27. The Morgan fingerprint density at radius 1 is 1.12 bits per heavy atom. The first kappa shape index (κ1) is 17.4. The molecule has 0 aromatic heterocycles. The van der Waals surface area contributed by atoms with Gasteiger partial charge in [-0.3, -0.25) is 9.69 Å². The van der Waals surface area contributed by atoms with E-state index in [0.29, 0.717) is 6.54 Å². The molecule has 3 rings (SSSR count). The summed E-state index contributed by atoms with van der Waals surface area (Å²) in [4.78, 5) is 17.0. The summed E-state index contributed by atoms with van der Waals surface area (Å²) in [5.74, 6) is 0.200. The van der Waals surface area contributed by atoms with Crippen molar-refractivity contribution in [1.29, 1.82) is 0 Å². The van der Waals surface area contributed by atoms with Gasteiger partial charge in [-0.2, -0.15) is 0 Å². The number of benzene rings is 1. The van der Waals surface area contributed by atoms with Gasteiger partial charge in [-0.05, 0) is 32.8 Å². The van der Waals surface area contributed by atoms with Gasteiger partial charge in [0.25, 0.3) is 0 Å². The van der Waals surface area contributed by atoms with Crippen molar-refractivity contribution in [3.05, 3.63) is 35.6 Å². The number of hydrogen-bond donors (Lipinski definition) is 0. The van der Waals surface area contributed by atoms with Crippen LogP contribution in [0, 0.1) is 11.7 Å². The highest BCUT2D eigenvalue weighted by molar-refractivity contribution is 5.79. The monoisotopic (exact) mass is 334 g/mol. The topological polar surface area (TPSA) is 32.8 Å². The van der Waals surface area contributed by atoms with Crippen molar-refractivity contribution in [2.24, 2.45) is 5.92 Å². The van der Waals surface area contributed by atoms with Crippen LogP contribution in [0.1, 0.15) is 32.3 Å². The van der Waals surface area contributed by atoms with Crippen LogP contribution >= 0.6 is 0 Å². The van der Waals surface area contributed by atoms with Gasteiger partial charge in [0.2, 0.25) is 5.91 Å². The molecule has 0 N–H and O–H groups in total. The Kier molecular flexibility index (Phi) is 5.51. The fourth-order valence-electron chi connectivity index (χ4n) is 3.86. The quantitative estimate of drug-likeness (QED) is 0.852. The van der Waals surface area contributed by atoms with Crippen LogP contribution in [-0.4, -0.2) is 54.1 Å². The highest BCUT2D eigenvalue weighted by atomic mass is 19.1. The maximum Gasteiger partial charge on any atom is 0.225 e. The van der Waals surface area contributed by atoms with Crippen LogP contribution in [0.4, 0.5) is 4.39 Å². The average Bonchev–Trinajstić information content (AvgIpc) is 2.56. The van der Waals surface area contributed by atoms with E-state index >= 15 is 0 Å². The second kappa shape index (κ2) is 7.62. The highest BCUT2D eigenvalue weighted by Gasteiger charge is 2.33. The average molecular weight is 334 g/mol. The Bertz CT molecular complexity index is 562. The minimum atomic E-state index is -0.152. The molecule has 0 unspecified atom stereocenters. The molecule has 5 heteroatoms. The molecule has 0 spiro atoms. The summed E-state index contributed by atoms with van der Waals surface area (Å²) >= 11 is 0. The molecule has 1 amide bonds. The summed E-state index contributed by atoms with van der Waals surface area (Å²) in [6.07, 6.45) is 1.95. The van der Waals surface area contributed by atoms with Gasteiger partial charge >= 0.3 is 0 Å². The first-order valence-corrected chi connectivity index (χ1v) is 8.93. The van der Waals surface area contributed by atoms with Crippen molar-refractivity contribution in [1.82, 2.24) is 9.80 Å². The molecular formula is C19H27FN2O2. The van der Waals surface area contributed by atoms with Crippen LogP contribution in [0.15, 0.2) is 24.3 Å². The molecule has 2 aliphatic heterocycles. The van der Waals surface area contributed by atoms with Crippen molar-refractivity contribution >= 4 is 5.91 Å². The predicted octanol–water partition coefficient (Wildman–Crippen LogP) is 2.67. The second-order valence-electron chi connectivity index (χ2n) is 7.12.